The summed E-state index contributed by atoms with van der Waals surface area (Å²) in [6.45, 7) is 0.472. The zero-order valence-corrected chi connectivity index (χ0v) is 16.9. The van der Waals surface area contributed by atoms with Crippen molar-refractivity contribution in [3.8, 4) is 5.75 Å². The number of pyridine rings is 2. The Balaban J connectivity index is 1.49. The summed E-state index contributed by atoms with van der Waals surface area (Å²) in [5.74, 6) is 0.303. The maximum atomic E-state index is 13.0. The molecule has 2 aromatic rings. The molecule has 9 heteroatoms. The molecule has 1 saturated carbocycles. The number of halogens is 3. The average Bonchev–Trinajstić information content (AvgIpc) is 3.57. The van der Waals surface area contributed by atoms with Crippen molar-refractivity contribution in [2.75, 3.05) is 6.54 Å². The molecule has 0 bridgehead atoms. The van der Waals surface area contributed by atoms with E-state index in [0.29, 0.717) is 24.3 Å². The van der Waals surface area contributed by atoms with Gasteiger partial charge in [-0.25, -0.2) is 0 Å². The number of alkyl halides is 3. The van der Waals surface area contributed by atoms with E-state index in [9.17, 15) is 23.1 Å². The van der Waals surface area contributed by atoms with Gasteiger partial charge in [0.05, 0.1) is 24.1 Å². The lowest BCUT2D eigenvalue weighted by Crippen LogP contribution is -2.47. The number of carbonyl (C=O) groups excluding carboxylic acids is 1. The molecule has 1 N–H and O–H groups in total. The number of aliphatic hydroxyl groups is 1. The third kappa shape index (κ3) is 5.15. The van der Waals surface area contributed by atoms with Crippen LogP contribution < -0.4 is 4.74 Å². The van der Waals surface area contributed by atoms with Crippen molar-refractivity contribution >= 4 is 5.91 Å². The number of hydrogen-bond donors (Lipinski definition) is 1. The normalized spacial score (nSPS) is 20.4. The molecular weight excluding hydrogens is 411 g/mol. The number of rotatable bonds is 6. The monoisotopic (exact) mass is 435 g/mol. The van der Waals surface area contributed by atoms with Crippen LogP contribution in [0.4, 0.5) is 13.2 Å². The molecule has 1 unspecified atom stereocenters. The van der Waals surface area contributed by atoms with Gasteiger partial charge in [0.1, 0.15) is 11.9 Å². The molecule has 2 aromatic heterocycles. The number of aliphatic hydroxyl groups excluding tert-OH is 1. The Labute approximate surface area is 178 Å². The van der Waals surface area contributed by atoms with Crippen molar-refractivity contribution in [2.24, 2.45) is 0 Å². The van der Waals surface area contributed by atoms with Crippen molar-refractivity contribution in [3.05, 3.63) is 53.6 Å². The highest BCUT2D eigenvalue weighted by molar-refractivity contribution is 5.79. The minimum atomic E-state index is -4.47. The van der Waals surface area contributed by atoms with E-state index in [1.807, 2.05) is 0 Å². The van der Waals surface area contributed by atoms with Crippen LogP contribution in [0.25, 0.3) is 0 Å². The molecular formula is C22H24F3N3O3. The van der Waals surface area contributed by atoms with Crippen LogP contribution >= 0.6 is 0 Å². The summed E-state index contributed by atoms with van der Waals surface area (Å²) in [5.41, 5.74) is -0.0440. The third-order valence-corrected chi connectivity index (χ3v) is 5.67. The van der Waals surface area contributed by atoms with E-state index >= 15 is 0 Å². The fraction of sp³-hybridized carbons (Fsp3) is 0.500. The van der Waals surface area contributed by atoms with E-state index in [4.69, 9.17) is 4.74 Å². The Morgan fingerprint density at radius 3 is 2.68 bits per heavy atom. The zero-order valence-electron chi connectivity index (χ0n) is 16.9. The van der Waals surface area contributed by atoms with Crippen LogP contribution in [-0.2, 0) is 17.4 Å². The summed E-state index contributed by atoms with van der Waals surface area (Å²) in [7, 11) is 0. The van der Waals surface area contributed by atoms with E-state index in [-0.39, 0.29) is 24.1 Å². The molecule has 1 saturated heterocycles. The molecule has 2 fully saturated rings. The Kier molecular flexibility index (Phi) is 6.13. The van der Waals surface area contributed by atoms with Gasteiger partial charge < -0.3 is 14.7 Å². The van der Waals surface area contributed by atoms with Gasteiger partial charge in [0.2, 0.25) is 5.91 Å². The quantitative estimate of drug-likeness (QED) is 0.749. The molecule has 1 aliphatic carbocycles. The second-order valence-electron chi connectivity index (χ2n) is 8.04. The molecule has 166 valence electrons. The average molecular weight is 435 g/mol. The standard InChI is InChI=1S/C22H24F3N3O3/c23-22(24,25)14-4-5-15(27-12-14)11-20(29)28-10-2-1-3-18(28)21(30)17-13-26-9-8-19(17)31-16-6-7-16/h4-5,8-9,12-13,16,18,21,30H,1-3,6-7,10-11H2/t18-,21?/m1/s1. The van der Waals surface area contributed by atoms with E-state index in [1.165, 1.54) is 6.07 Å². The van der Waals surface area contributed by atoms with Crippen molar-refractivity contribution in [2.45, 2.75) is 63.0 Å². The molecule has 1 amide bonds. The van der Waals surface area contributed by atoms with Crippen LogP contribution in [0.3, 0.4) is 0 Å². The maximum absolute atomic E-state index is 13.0. The van der Waals surface area contributed by atoms with Crippen LogP contribution in [0.15, 0.2) is 36.8 Å². The van der Waals surface area contributed by atoms with Crippen LogP contribution in [-0.4, -0.2) is 44.6 Å². The fourth-order valence-electron chi connectivity index (χ4n) is 3.84. The predicted molar refractivity (Wildman–Crippen MR) is 105 cm³/mol. The molecule has 0 aromatic carbocycles. The van der Waals surface area contributed by atoms with E-state index in [0.717, 1.165) is 37.9 Å². The van der Waals surface area contributed by atoms with Gasteiger partial charge in [-0.15, -0.1) is 0 Å². The smallest absolute Gasteiger partial charge is 0.417 e. The highest BCUT2D eigenvalue weighted by atomic mass is 19.4. The van der Waals surface area contributed by atoms with Gasteiger partial charge in [-0.05, 0) is 50.3 Å². The first-order valence-electron chi connectivity index (χ1n) is 10.4. The van der Waals surface area contributed by atoms with Crippen LogP contribution in [0.5, 0.6) is 5.75 Å². The van der Waals surface area contributed by atoms with Crippen molar-refractivity contribution < 1.29 is 27.8 Å². The zero-order chi connectivity index (χ0) is 22.0. The molecule has 2 atom stereocenters. The Morgan fingerprint density at radius 1 is 1.19 bits per heavy atom. The number of nitrogens with zero attached hydrogens (tertiary/aromatic N) is 3. The van der Waals surface area contributed by atoms with Gasteiger partial charge in [0, 0.05) is 36.4 Å². The summed E-state index contributed by atoms with van der Waals surface area (Å²) in [6, 6.07) is 3.41. The molecule has 1 aliphatic heterocycles. The lowest BCUT2D eigenvalue weighted by Gasteiger charge is -2.39. The number of carbonyl (C=O) groups is 1. The summed E-state index contributed by atoms with van der Waals surface area (Å²) in [6.07, 6.45) is 2.74. The molecule has 6 nitrogen and oxygen atoms in total. The molecule has 3 heterocycles. The number of amides is 1. The number of aromatic nitrogens is 2. The Bertz CT molecular complexity index is 916. The van der Waals surface area contributed by atoms with Crippen molar-refractivity contribution in [3.63, 3.8) is 0 Å². The van der Waals surface area contributed by atoms with Gasteiger partial charge in [0.25, 0.3) is 0 Å². The van der Waals surface area contributed by atoms with Crippen LogP contribution in [0, 0.1) is 0 Å². The first kappa shape index (κ1) is 21.5. The largest absolute Gasteiger partial charge is 0.490 e. The van der Waals surface area contributed by atoms with E-state index in [2.05, 4.69) is 9.97 Å². The third-order valence-electron chi connectivity index (χ3n) is 5.67. The van der Waals surface area contributed by atoms with Gasteiger partial charge in [-0.2, -0.15) is 13.2 Å². The van der Waals surface area contributed by atoms with Crippen molar-refractivity contribution in [1.82, 2.24) is 14.9 Å². The summed E-state index contributed by atoms with van der Waals surface area (Å²) >= 11 is 0. The first-order chi connectivity index (χ1) is 14.8. The summed E-state index contributed by atoms with van der Waals surface area (Å²) < 4.78 is 44.1. The minimum absolute atomic E-state index is 0.125. The van der Waals surface area contributed by atoms with E-state index < -0.39 is 23.9 Å². The Hall–Kier alpha value is -2.68. The van der Waals surface area contributed by atoms with Crippen molar-refractivity contribution in [1.29, 1.82) is 0 Å². The van der Waals surface area contributed by atoms with Gasteiger partial charge in [-0.3, -0.25) is 14.8 Å². The lowest BCUT2D eigenvalue weighted by molar-refractivity contribution is -0.138. The minimum Gasteiger partial charge on any atom is -0.490 e. The van der Waals surface area contributed by atoms with Gasteiger partial charge in [0.15, 0.2) is 0 Å². The molecule has 2 aliphatic rings. The van der Waals surface area contributed by atoms with E-state index in [1.54, 1.807) is 23.4 Å². The fourth-order valence-corrected chi connectivity index (χ4v) is 3.84. The molecule has 4 rings (SSSR count). The number of hydrogen-bond acceptors (Lipinski definition) is 5. The molecule has 31 heavy (non-hydrogen) atoms. The first-order valence-corrected chi connectivity index (χ1v) is 10.4. The lowest BCUT2D eigenvalue weighted by atomic mass is 9.92. The number of ether oxygens (including phenoxy) is 1. The number of piperidine rings is 1. The molecule has 0 radical (unpaired) electrons. The second kappa shape index (κ2) is 8.82. The maximum Gasteiger partial charge on any atom is 0.417 e. The van der Waals surface area contributed by atoms with Crippen LogP contribution in [0.2, 0.25) is 0 Å². The highest BCUT2D eigenvalue weighted by Gasteiger charge is 2.35. The summed E-state index contributed by atoms with van der Waals surface area (Å²) in [4.78, 5) is 22.5. The van der Waals surface area contributed by atoms with Gasteiger partial charge >= 0.3 is 6.18 Å². The second-order valence-corrected chi connectivity index (χ2v) is 8.04. The van der Waals surface area contributed by atoms with Gasteiger partial charge in [-0.1, -0.05) is 0 Å². The summed E-state index contributed by atoms with van der Waals surface area (Å²) in [5, 5.41) is 11.1. The number of likely N-dealkylation sites (tertiary alicyclic amines) is 1. The highest BCUT2D eigenvalue weighted by Crippen LogP contribution is 2.36. The molecule has 0 spiro atoms. The SMILES string of the molecule is O=C(Cc1ccc(C(F)(F)F)cn1)N1CCCC[C@@H]1C(O)c1cnccc1OC1CC1. The Morgan fingerprint density at radius 2 is 2.00 bits per heavy atom. The predicted octanol–water partition coefficient (Wildman–Crippen LogP) is 3.69. The topological polar surface area (TPSA) is 75.6 Å². The van der Waals surface area contributed by atoms with Crippen LogP contribution in [0.1, 0.15) is 55.0 Å².